The van der Waals surface area contributed by atoms with Crippen molar-refractivity contribution in [1.82, 2.24) is 14.9 Å². The van der Waals surface area contributed by atoms with Crippen LogP contribution in [0.5, 0.6) is 0 Å². The van der Waals surface area contributed by atoms with Crippen molar-refractivity contribution in [2.75, 3.05) is 0 Å². The zero-order valence-electron chi connectivity index (χ0n) is 11.1. The number of hydrogen-bond acceptors (Lipinski definition) is 4. The van der Waals surface area contributed by atoms with Crippen LogP contribution in [0.1, 0.15) is 12.7 Å². The normalized spacial score (nSPS) is 11.2. The zero-order chi connectivity index (χ0) is 14.3. The van der Waals surface area contributed by atoms with Gasteiger partial charge in [-0.25, -0.2) is 4.68 Å². The number of aromatic nitrogens is 3. The van der Waals surface area contributed by atoms with Gasteiger partial charge in [-0.1, -0.05) is 28.9 Å². The van der Waals surface area contributed by atoms with Crippen LogP contribution >= 0.6 is 11.6 Å². The molecule has 0 aliphatic heterocycles. The van der Waals surface area contributed by atoms with E-state index >= 15 is 0 Å². The lowest BCUT2D eigenvalue weighted by atomic mass is 10.1. The third-order valence-corrected chi connectivity index (χ3v) is 3.39. The first kappa shape index (κ1) is 12.9. The Labute approximate surface area is 119 Å². The van der Waals surface area contributed by atoms with Gasteiger partial charge in [-0.05, 0) is 26.0 Å². The van der Waals surface area contributed by atoms with Gasteiger partial charge in [0.2, 0.25) is 0 Å². The maximum absolute atomic E-state index is 12.2. The molecule has 0 aliphatic rings. The summed E-state index contributed by atoms with van der Waals surface area (Å²) in [6.45, 7) is 4.09. The van der Waals surface area contributed by atoms with Gasteiger partial charge in [0.05, 0.1) is 5.39 Å². The highest BCUT2D eigenvalue weighted by molar-refractivity contribution is 6.30. The number of halogens is 1. The number of nitrogens with zero attached hydrogens (tertiary/aromatic N) is 3. The van der Waals surface area contributed by atoms with E-state index in [0.717, 1.165) is 5.56 Å². The summed E-state index contributed by atoms with van der Waals surface area (Å²) in [5.41, 5.74) is 1.54. The number of hydrogen-bond donors (Lipinski definition) is 0. The average Bonchev–Trinajstić information content (AvgIpc) is 2.82. The van der Waals surface area contributed by atoms with E-state index in [1.54, 1.807) is 19.1 Å². The second-order valence-corrected chi connectivity index (χ2v) is 4.88. The monoisotopic (exact) mass is 289 g/mol. The fraction of sp³-hybridized carbons (Fsp3) is 0.214. The molecule has 0 spiro atoms. The minimum Gasteiger partial charge on any atom is -0.360 e. The topological polar surface area (TPSA) is 60.9 Å². The smallest absolute Gasteiger partial charge is 0.296 e. The number of fused-ring (bicyclic) bond motifs is 1. The van der Waals surface area contributed by atoms with Crippen molar-refractivity contribution in [2.45, 2.75) is 20.4 Å². The van der Waals surface area contributed by atoms with Gasteiger partial charge in [0.15, 0.2) is 5.52 Å². The van der Waals surface area contributed by atoms with E-state index in [9.17, 15) is 4.79 Å². The molecule has 20 heavy (non-hydrogen) atoms. The van der Waals surface area contributed by atoms with Crippen LogP contribution in [0, 0.1) is 6.92 Å². The molecule has 6 heteroatoms. The van der Waals surface area contributed by atoms with Gasteiger partial charge in [-0.2, -0.15) is 5.10 Å². The van der Waals surface area contributed by atoms with Crippen LogP contribution in [-0.2, 0) is 6.54 Å². The average molecular weight is 290 g/mol. The van der Waals surface area contributed by atoms with Crippen molar-refractivity contribution >= 4 is 22.5 Å². The number of aryl methyl sites for hydroxylation is 2. The molecule has 0 bridgehead atoms. The Morgan fingerprint density at radius 3 is 2.90 bits per heavy atom. The van der Waals surface area contributed by atoms with Gasteiger partial charge in [-0.15, -0.1) is 0 Å². The van der Waals surface area contributed by atoms with Crippen molar-refractivity contribution < 1.29 is 4.52 Å². The summed E-state index contributed by atoms with van der Waals surface area (Å²) in [5, 5.41) is 9.52. The van der Waals surface area contributed by atoms with Crippen LogP contribution in [0.2, 0.25) is 5.02 Å². The van der Waals surface area contributed by atoms with E-state index in [0.29, 0.717) is 33.9 Å². The van der Waals surface area contributed by atoms with Gasteiger partial charge in [0, 0.05) is 17.1 Å². The van der Waals surface area contributed by atoms with E-state index in [1.165, 1.54) is 4.68 Å². The molecule has 0 unspecified atom stereocenters. The summed E-state index contributed by atoms with van der Waals surface area (Å²) in [4.78, 5) is 12.2. The summed E-state index contributed by atoms with van der Waals surface area (Å²) < 4.78 is 6.53. The molecule has 0 N–H and O–H groups in total. The van der Waals surface area contributed by atoms with Crippen LogP contribution in [0.15, 0.2) is 33.6 Å². The molecular weight excluding hydrogens is 278 g/mol. The Hall–Kier alpha value is -2.14. The molecule has 2 aromatic heterocycles. The molecule has 0 fully saturated rings. The zero-order valence-corrected chi connectivity index (χ0v) is 11.8. The summed E-state index contributed by atoms with van der Waals surface area (Å²) >= 11 is 6.03. The molecular formula is C14H12ClN3O2. The summed E-state index contributed by atoms with van der Waals surface area (Å²) in [7, 11) is 0. The lowest BCUT2D eigenvalue weighted by molar-refractivity contribution is 0.405. The summed E-state index contributed by atoms with van der Waals surface area (Å²) in [5.74, 6) is 0.572. The SMILES string of the molecule is CCn1nc(-c2cccc(Cl)c2)c2c(C)onc2c1=O. The Balaban J connectivity index is 2.43. The Kier molecular flexibility index (Phi) is 3.06. The molecule has 5 nitrogen and oxygen atoms in total. The van der Waals surface area contributed by atoms with Gasteiger partial charge >= 0.3 is 0 Å². The predicted molar refractivity (Wildman–Crippen MR) is 76.9 cm³/mol. The first-order chi connectivity index (χ1) is 9.61. The quantitative estimate of drug-likeness (QED) is 0.727. The fourth-order valence-electron chi connectivity index (χ4n) is 2.19. The van der Waals surface area contributed by atoms with Gasteiger partial charge in [0.1, 0.15) is 11.5 Å². The maximum Gasteiger partial charge on any atom is 0.296 e. The lowest BCUT2D eigenvalue weighted by Crippen LogP contribution is -2.23. The van der Waals surface area contributed by atoms with Crippen LogP contribution in [0.3, 0.4) is 0 Å². The molecule has 0 amide bonds. The Morgan fingerprint density at radius 1 is 1.40 bits per heavy atom. The second-order valence-electron chi connectivity index (χ2n) is 4.44. The molecule has 0 saturated heterocycles. The van der Waals surface area contributed by atoms with Crippen LogP contribution in [0.4, 0.5) is 0 Å². The van der Waals surface area contributed by atoms with E-state index in [4.69, 9.17) is 16.1 Å². The molecule has 3 rings (SSSR count). The second kappa shape index (κ2) is 4.76. The predicted octanol–water partition coefficient (Wildman–Crippen LogP) is 3.03. The van der Waals surface area contributed by atoms with Crippen molar-refractivity contribution in [2.24, 2.45) is 0 Å². The maximum atomic E-state index is 12.2. The third-order valence-electron chi connectivity index (χ3n) is 3.15. The highest BCUT2D eigenvalue weighted by atomic mass is 35.5. The first-order valence-corrected chi connectivity index (χ1v) is 6.62. The van der Waals surface area contributed by atoms with Crippen molar-refractivity contribution in [1.29, 1.82) is 0 Å². The molecule has 0 aliphatic carbocycles. The minimum absolute atomic E-state index is 0.245. The fourth-order valence-corrected chi connectivity index (χ4v) is 2.38. The van der Waals surface area contributed by atoms with E-state index in [2.05, 4.69) is 10.3 Å². The standard InChI is InChI=1S/C14H12ClN3O2/c1-3-18-14(19)13-11(8(2)20-17-13)12(16-18)9-5-4-6-10(15)7-9/h4-7H,3H2,1-2H3. The summed E-state index contributed by atoms with van der Waals surface area (Å²) in [6.07, 6.45) is 0. The highest BCUT2D eigenvalue weighted by Crippen LogP contribution is 2.28. The minimum atomic E-state index is -0.245. The molecule has 0 atom stereocenters. The molecule has 3 aromatic rings. The first-order valence-electron chi connectivity index (χ1n) is 6.25. The number of rotatable bonds is 2. The van der Waals surface area contributed by atoms with E-state index in [1.807, 2.05) is 19.1 Å². The largest absolute Gasteiger partial charge is 0.360 e. The lowest BCUT2D eigenvalue weighted by Gasteiger charge is -2.07. The van der Waals surface area contributed by atoms with Crippen LogP contribution in [0.25, 0.3) is 22.2 Å². The van der Waals surface area contributed by atoms with Crippen LogP contribution < -0.4 is 5.56 Å². The molecule has 102 valence electrons. The molecule has 2 heterocycles. The molecule has 1 aromatic carbocycles. The van der Waals surface area contributed by atoms with Gasteiger partial charge in [0.25, 0.3) is 5.56 Å². The van der Waals surface area contributed by atoms with E-state index < -0.39 is 0 Å². The van der Waals surface area contributed by atoms with E-state index in [-0.39, 0.29) is 5.56 Å². The Bertz CT molecular complexity index is 851. The van der Waals surface area contributed by atoms with Crippen LogP contribution in [-0.4, -0.2) is 14.9 Å². The highest BCUT2D eigenvalue weighted by Gasteiger charge is 2.18. The molecule has 0 radical (unpaired) electrons. The Morgan fingerprint density at radius 2 is 2.20 bits per heavy atom. The third kappa shape index (κ3) is 1.91. The molecule has 0 saturated carbocycles. The van der Waals surface area contributed by atoms with Gasteiger partial charge < -0.3 is 4.52 Å². The van der Waals surface area contributed by atoms with Crippen molar-refractivity contribution in [3.8, 4) is 11.3 Å². The van der Waals surface area contributed by atoms with Crippen molar-refractivity contribution in [3.05, 3.63) is 45.4 Å². The number of benzene rings is 1. The summed E-state index contributed by atoms with van der Waals surface area (Å²) in [6, 6.07) is 7.33. The van der Waals surface area contributed by atoms with Gasteiger partial charge in [-0.3, -0.25) is 4.79 Å². The van der Waals surface area contributed by atoms with Crippen molar-refractivity contribution in [3.63, 3.8) is 0 Å².